The van der Waals surface area contributed by atoms with Crippen LogP contribution in [-0.4, -0.2) is 27.6 Å². The number of carbonyl (C=O) groups excluding carboxylic acids is 1. The van der Waals surface area contributed by atoms with E-state index in [0.29, 0.717) is 24.4 Å². The van der Waals surface area contributed by atoms with Gasteiger partial charge in [0.15, 0.2) is 0 Å². The molecule has 1 heterocycles. The van der Waals surface area contributed by atoms with E-state index in [1.54, 1.807) is 17.7 Å². The van der Waals surface area contributed by atoms with Gasteiger partial charge in [-0.15, -0.1) is 5.10 Å². The number of hydrogen-bond donors (Lipinski definition) is 0. The van der Waals surface area contributed by atoms with E-state index < -0.39 is 0 Å². The molecule has 102 valence electrons. The first kappa shape index (κ1) is 13.7. The van der Waals surface area contributed by atoms with E-state index in [4.69, 9.17) is 10.00 Å². The molecular weight excluding hydrogens is 256 g/mol. The lowest BCUT2D eigenvalue weighted by Crippen LogP contribution is -2.13. The predicted molar refractivity (Wildman–Crippen MR) is 70.6 cm³/mol. The van der Waals surface area contributed by atoms with Crippen molar-refractivity contribution in [3.05, 3.63) is 47.3 Å². The topological polar surface area (TPSA) is 80.8 Å². The molecule has 0 saturated heterocycles. The summed E-state index contributed by atoms with van der Waals surface area (Å²) in [6.07, 6.45) is 1.65. The number of benzene rings is 1. The van der Waals surface area contributed by atoms with E-state index >= 15 is 0 Å². The number of carbonyl (C=O) groups is 1. The van der Waals surface area contributed by atoms with Crippen molar-refractivity contribution >= 4 is 5.97 Å². The lowest BCUT2D eigenvalue weighted by atomic mass is 10.1. The van der Waals surface area contributed by atoms with Gasteiger partial charge in [0.25, 0.3) is 0 Å². The number of ether oxygens (including phenoxy) is 1. The number of hydrogen-bond acceptors (Lipinski definition) is 5. The van der Waals surface area contributed by atoms with Crippen molar-refractivity contribution in [2.24, 2.45) is 0 Å². The van der Waals surface area contributed by atoms with Gasteiger partial charge in [0.2, 0.25) is 0 Å². The highest BCUT2D eigenvalue weighted by Crippen LogP contribution is 2.10. The molecule has 0 spiro atoms. The SMILES string of the molecule is CCOC(=O)Cc1cnnn1Cc1ccccc1C#N. The van der Waals surface area contributed by atoms with Crippen molar-refractivity contribution in [3.63, 3.8) is 0 Å². The summed E-state index contributed by atoms with van der Waals surface area (Å²) >= 11 is 0. The Kier molecular flexibility index (Phi) is 4.45. The predicted octanol–water partition coefficient (Wildman–Crippen LogP) is 1.30. The molecule has 0 fully saturated rings. The molecule has 6 heteroatoms. The van der Waals surface area contributed by atoms with Crippen molar-refractivity contribution in [1.29, 1.82) is 5.26 Å². The van der Waals surface area contributed by atoms with Gasteiger partial charge in [0.05, 0.1) is 43.1 Å². The first-order chi connectivity index (χ1) is 9.74. The van der Waals surface area contributed by atoms with Crippen molar-refractivity contribution in [1.82, 2.24) is 15.0 Å². The molecule has 0 bridgehead atoms. The van der Waals surface area contributed by atoms with Gasteiger partial charge in [-0.25, -0.2) is 4.68 Å². The van der Waals surface area contributed by atoms with Crippen LogP contribution < -0.4 is 0 Å². The molecule has 0 aliphatic heterocycles. The van der Waals surface area contributed by atoms with E-state index in [9.17, 15) is 4.79 Å². The average Bonchev–Trinajstić information content (AvgIpc) is 2.87. The molecule has 6 nitrogen and oxygen atoms in total. The molecule has 0 N–H and O–H groups in total. The summed E-state index contributed by atoms with van der Waals surface area (Å²) in [5.74, 6) is -0.315. The van der Waals surface area contributed by atoms with Crippen molar-refractivity contribution in [2.45, 2.75) is 19.9 Å². The van der Waals surface area contributed by atoms with Gasteiger partial charge in [-0.1, -0.05) is 23.4 Å². The molecule has 1 aromatic heterocycles. The molecule has 2 aromatic rings. The first-order valence-electron chi connectivity index (χ1n) is 6.25. The smallest absolute Gasteiger partial charge is 0.311 e. The highest BCUT2D eigenvalue weighted by Gasteiger charge is 2.11. The quantitative estimate of drug-likeness (QED) is 0.765. The van der Waals surface area contributed by atoms with E-state index in [0.717, 1.165) is 5.56 Å². The van der Waals surface area contributed by atoms with Gasteiger partial charge in [-0.3, -0.25) is 4.79 Å². The zero-order valence-electron chi connectivity index (χ0n) is 11.1. The van der Waals surface area contributed by atoms with Crippen LogP contribution in [0, 0.1) is 11.3 Å². The van der Waals surface area contributed by atoms with Crippen LogP contribution in [0.5, 0.6) is 0 Å². The van der Waals surface area contributed by atoms with Crippen LogP contribution in [-0.2, 0) is 22.5 Å². The Morgan fingerprint density at radius 2 is 2.25 bits per heavy atom. The van der Waals surface area contributed by atoms with Crippen LogP contribution in [0.4, 0.5) is 0 Å². The van der Waals surface area contributed by atoms with Crippen LogP contribution in [0.15, 0.2) is 30.5 Å². The molecule has 1 aromatic carbocycles. The lowest BCUT2D eigenvalue weighted by molar-refractivity contribution is -0.142. The van der Waals surface area contributed by atoms with Gasteiger partial charge in [0.1, 0.15) is 0 Å². The Bertz CT molecular complexity index is 643. The Morgan fingerprint density at radius 1 is 1.45 bits per heavy atom. The fourth-order valence-electron chi connectivity index (χ4n) is 1.84. The Hall–Kier alpha value is -2.68. The van der Waals surface area contributed by atoms with Crippen LogP contribution in [0.2, 0.25) is 0 Å². The molecule has 0 unspecified atom stereocenters. The molecule has 2 rings (SSSR count). The second kappa shape index (κ2) is 6.48. The third-order valence-corrected chi connectivity index (χ3v) is 2.79. The highest BCUT2D eigenvalue weighted by atomic mass is 16.5. The summed E-state index contributed by atoms with van der Waals surface area (Å²) in [4.78, 5) is 11.5. The monoisotopic (exact) mass is 270 g/mol. The van der Waals surface area contributed by atoms with Crippen LogP contribution in [0.1, 0.15) is 23.7 Å². The van der Waals surface area contributed by atoms with Crippen molar-refractivity contribution < 1.29 is 9.53 Å². The van der Waals surface area contributed by atoms with E-state index in [1.165, 1.54) is 6.20 Å². The van der Waals surface area contributed by atoms with E-state index in [-0.39, 0.29) is 12.4 Å². The zero-order valence-corrected chi connectivity index (χ0v) is 11.1. The average molecular weight is 270 g/mol. The lowest BCUT2D eigenvalue weighted by Gasteiger charge is -2.07. The van der Waals surface area contributed by atoms with Crippen LogP contribution in [0.3, 0.4) is 0 Å². The molecule has 0 amide bonds. The number of nitriles is 1. The minimum Gasteiger partial charge on any atom is -0.466 e. The van der Waals surface area contributed by atoms with Gasteiger partial charge in [-0.05, 0) is 18.6 Å². The molecule has 0 aliphatic carbocycles. The number of aromatic nitrogens is 3. The third kappa shape index (κ3) is 3.20. The number of rotatable bonds is 5. The summed E-state index contributed by atoms with van der Waals surface area (Å²) in [5.41, 5.74) is 2.09. The van der Waals surface area contributed by atoms with Gasteiger partial charge < -0.3 is 4.74 Å². The molecule has 20 heavy (non-hydrogen) atoms. The third-order valence-electron chi connectivity index (χ3n) is 2.79. The molecule has 0 atom stereocenters. The summed E-state index contributed by atoms with van der Waals surface area (Å²) in [5, 5.41) is 16.8. The Labute approximate surface area is 116 Å². The van der Waals surface area contributed by atoms with Gasteiger partial charge in [-0.2, -0.15) is 5.26 Å². The molecule has 0 aliphatic rings. The summed E-state index contributed by atoms with van der Waals surface area (Å²) in [6.45, 7) is 2.51. The number of nitrogens with zero attached hydrogens (tertiary/aromatic N) is 4. The summed E-state index contributed by atoms with van der Waals surface area (Å²) in [7, 11) is 0. The maximum atomic E-state index is 11.5. The van der Waals surface area contributed by atoms with E-state index in [1.807, 2.05) is 18.2 Å². The fraction of sp³-hybridized carbons (Fsp3) is 0.286. The maximum absolute atomic E-state index is 11.5. The molecule has 0 saturated carbocycles. The summed E-state index contributed by atoms with van der Waals surface area (Å²) in [6, 6.07) is 9.41. The molecular formula is C14H14N4O2. The first-order valence-corrected chi connectivity index (χ1v) is 6.25. The summed E-state index contributed by atoms with van der Waals surface area (Å²) < 4.78 is 6.51. The maximum Gasteiger partial charge on any atom is 0.311 e. The number of esters is 1. The largest absolute Gasteiger partial charge is 0.466 e. The minimum atomic E-state index is -0.315. The second-order valence-corrected chi connectivity index (χ2v) is 4.13. The van der Waals surface area contributed by atoms with Gasteiger partial charge >= 0.3 is 5.97 Å². The molecule has 0 radical (unpaired) electrons. The second-order valence-electron chi connectivity index (χ2n) is 4.13. The minimum absolute atomic E-state index is 0.121. The van der Waals surface area contributed by atoms with Crippen LogP contribution in [0.25, 0.3) is 0 Å². The fourth-order valence-corrected chi connectivity index (χ4v) is 1.84. The van der Waals surface area contributed by atoms with E-state index in [2.05, 4.69) is 16.4 Å². The highest BCUT2D eigenvalue weighted by molar-refractivity contribution is 5.71. The van der Waals surface area contributed by atoms with Crippen molar-refractivity contribution in [3.8, 4) is 6.07 Å². The Morgan fingerprint density at radius 3 is 3.00 bits per heavy atom. The van der Waals surface area contributed by atoms with Crippen molar-refractivity contribution in [2.75, 3.05) is 6.61 Å². The Balaban J connectivity index is 2.17. The normalized spacial score (nSPS) is 10.0. The standard InChI is InChI=1S/C14H14N4O2/c1-2-20-14(19)7-13-9-16-17-18(13)10-12-6-4-3-5-11(12)8-15/h3-6,9H,2,7,10H2,1H3. The van der Waals surface area contributed by atoms with Crippen LogP contribution >= 0.6 is 0 Å². The van der Waals surface area contributed by atoms with Gasteiger partial charge in [0, 0.05) is 0 Å². The zero-order chi connectivity index (χ0) is 14.4.